The second-order valence-corrected chi connectivity index (χ2v) is 3.28. The van der Waals surface area contributed by atoms with Gasteiger partial charge < -0.3 is 4.90 Å². The summed E-state index contributed by atoms with van der Waals surface area (Å²) < 4.78 is 13.3. The zero-order chi connectivity index (χ0) is 8.48. The van der Waals surface area contributed by atoms with Crippen LogP contribution in [0.4, 0.5) is 4.39 Å². The number of alkyl halides is 1. The molecule has 0 bridgehead atoms. The van der Waals surface area contributed by atoms with E-state index in [0.29, 0.717) is 19.5 Å². The molecule has 0 radical (unpaired) electrons. The number of hydrogen-bond acceptors (Lipinski definition) is 1. The van der Waals surface area contributed by atoms with Gasteiger partial charge in [0.15, 0.2) is 0 Å². The molecule has 0 aromatic heterocycles. The molecule has 1 aliphatic heterocycles. The zero-order valence-corrected chi connectivity index (χ0v) is 7.06. The van der Waals surface area contributed by atoms with Crippen molar-refractivity contribution < 1.29 is 9.18 Å². The number of amides is 1. The van der Waals surface area contributed by atoms with Crippen LogP contribution in [0, 0.1) is 0 Å². The van der Waals surface area contributed by atoms with Crippen molar-refractivity contribution in [1.82, 2.24) is 4.90 Å². The number of carbonyl (C=O) groups excluding carboxylic acids is 1. The van der Waals surface area contributed by atoms with Gasteiger partial charge in [-0.1, -0.05) is 13.3 Å². The average molecular weight is 159 g/mol. The molecule has 0 saturated carbocycles. The number of halogens is 1. The van der Waals surface area contributed by atoms with E-state index >= 15 is 0 Å². The van der Waals surface area contributed by atoms with E-state index in [1.807, 2.05) is 6.92 Å². The van der Waals surface area contributed by atoms with E-state index in [4.69, 9.17) is 0 Å². The van der Waals surface area contributed by atoms with Crippen LogP contribution in [0.2, 0.25) is 0 Å². The fraction of sp³-hybridized carbons (Fsp3) is 0.875. The number of carbonyl (C=O) groups is 1. The van der Waals surface area contributed by atoms with Gasteiger partial charge in [-0.3, -0.25) is 4.79 Å². The van der Waals surface area contributed by atoms with Crippen LogP contribution in [0.15, 0.2) is 0 Å². The fourth-order valence-corrected chi connectivity index (χ4v) is 1.47. The van der Waals surface area contributed by atoms with E-state index in [1.165, 1.54) is 11.8 Å². The van der Waals surface area contributed by atoms with Crippen molar-refractivity contribution in [1.29, 1.82) is 0 Å². The molecule has 0 aliphatic carbocycles. The molecule has 11 heavy (non-hydrogen) atoms. The summed E-state index contributed by atoms with van der Waals surface area (Å²) in [5, 5.41) is 0. The maximum Gasteiger partial charge on any atom is 0.219 e. The van der Waals surface area contributed by atoms with E-state index in [2.05, 4.69) is 0 Å². The van der Waals surface area contributed by atoms with Gasteiger partial charge in [0.05, 0.1) is 13.1 Å². The highest BCUT2D eigenvalue weighted by Gasteiger charge is 2.43. The molecule has 0 spiro atoms. The molecule has 1 amide bonds. The highest BCUT2D eigenvalue weighted by atomic mass is 19.1. The maximum absolute atomic E-state index is 13.3. The lowest BCUT2D eigenvalue weighted by Crippen LogP contribution is -2.60. The maximum atomic E-state index is 13.3. The Morgan fingerprint density at radius 2 is 2.18 bits per heavy atom. The van der Waals surface area contributed by atoms with Crippen molar-refractivity contribution in [3.63, 3.8) is 0 Å². The molecule has 1 fully saturated rings. The summed E-state index contributed by atoms with van der Waals surface area (Å²) in [4.78, 5) is 12.2. The summed E-state index contributed by atoms with van der Waals surface area (Å²) in [6.07, 6.45) is 1.43. The zero-order valence-electron chi connectivity index (χ0n) is 7.06. The van der Waals surface area contributed by atoms with Crippen LogP contribution in [0.25, 0.3) is 0 Å². The van der Waals surface area contributed by atoms with Gasteiger partial charge in [-0.15, -0.1) is 0 Å². The second kappa shape index (κ2) is 2.80. The molecule has 1 rings (SSSR count). The van der Waals surface area contributed by atoms with Gasteiger partial charge >= 0.3 is 0 Å². The minimum Gasteiger partial charge on any atom is -0.336 e. The van der Waals surface area contributed by atoms with E-state index < -0.39 is 5.67 Å². The summed E-state index contributed by atoms with van der Waals surface area (Å²) in [5.41, 5.74) is -1.07. The van der Waals surface area contributed by atoms with Crippen LogP contribution in [0.1, 0.15) is 26.7 Å². The van der Waals surface area contributed by atoms with Crippen molar-refractivity contribution in [3.8, 4) is 0 Å². The number of nitrogens with zero attached hydrogens (tertiary/aromatic N) is 1. The first-order valence-corrected chi connectivity index (χ1v) is 4.02. The first kappa shape index (κ1) is 8.50. The molecule has 1 saturated heterocycles. The summed E-state index contributed by atoms with van der Waals surface area (Å²) in [6, 6.07) is 0. The van der Waals surface area contributed by atoms with Gasteiger partial charge in [0, 0.05) is 6.92 Å². The van der Waals surface area contributed by atoms with Gasteiger partial charge in [0.2, 0.25) is 5.91 Å². The summed E-state index contributed by atoms with van der Waals surface area (Å²) in [7, 11) is 0. The minimum absolute atomic E-state index is 0.0191. The molecular formula is C8H14FNO. The van der Waals surface area contributed by atoms with Crippen LogP contribution < -0.4 is 0 Å². The Kier molecular flexibility index (Phi) is 2.16. The predicted octanol–water partition coefficient (Wildman–Crippen LogP) is 1.36. The van der Waals surface area contributed by atoms with Gasteiger partial charge in [0.25, 0.3) is 0 Å². The SMILES string of the molecule is CCCC1(F)CN(C(C)=O)C1. The van der Waals surface area contributed by atoms with Crippen molar-refractivity contribution in [2.75, 3.05) is 13.1 Å². The third kappa shape index (κ3) is 1.70. The Labute approximate surface area is 66.4 Å². The van der Waals surface area contributed by atoms with E-state index in [-0.39, 0.29) is 5.91 Å². The van der Waals surface area contributed by atoms with Crippen molar-refractivity contribution in [3.05, 3.63) is 0 Å². The van der Waals surface area contributed by atoms with Crippen LogP contribution in [0.3, 0.4) is 0 Å². The standard InChI is InChI=1S/C8H14FNO/c1-3-4-8(9)5-10(6-8)7(2)11/h3-6H2,1-2H3. The Bertz CT molecular complexity index is 163. The molecule has 2 nitrogen and oxygen atoms in total. The lowest BCUT2D eigenvalue weighted by atomic mass is 9.91. The Morgan fingerprint density at radius 3 is 2.55 bits per heavy atom. The molecule has 64 valence electrons. The van der Waals surface area contributed by atoms with Crippen molar-refractivity contribution >= 4 is 5.91 Å². The molecule has 0 atom stereocenters. The van der Waals surface area contributed by atoms with Crippen LogP contribution in [-0.4, -0.2) is 29.6 Å². The topological polar surface area (TPSA) is 20.3 Å². The van der Waals surface area contributed by atoms with Gasteiger partial charge in [0.1, 0.15) is 5.67 Å². The molecular weight excluding hydrogens is 145 g/mol. The molecule has 1 aliphatic rings. The monoisotopic (exact) mass is 159 g/mol. The predicted molar refractivity (Wildman–Crippen MR) is 41.0 cm³/mol. The highest BCUT2D eigenvalue weighted by molar-refractivity contribution is 5.74. The van der Waals surface area contributed by atoms with Crippen LogP contribution in [0.5, 0.6) is 0 Å². The average Bonchev–Trinajstić information content (AvgIpc) is 1.82. The molecule has 1 heterocycles. The minimum atomic E-state index is -1.07. The summed E-state index contributed by atoms with van der Waals surface area (Å²) in [6.45, 7) is 4.04. The number of hydrogen-bond donors (Lipinski definition) is 0. The number of rotatable bonds is 2. The molecule has 0 aromatic carbocycles. The van der Waals surface area contributed by atoms with Gasteiger partial charge in [-0.25, -0.2) is 4.39 Å². The van der Waals surface area contributed by atoms with E-state index in [9.17, 15) is 9.18 Å². The number of likely N-dealkylation sites (tertiary alicyclic amines) is 1. The Morgan fingerprint density at radius 1 is 1.64 bits per heavy atom. The first-order chi connectivity index (χ1) is 5.07. The van der Waals surface area contributed by atoms with Crippen molar-refractivity contribution in [2.45, 2.75) is 32.4 Å². The van der Waals surface area contributed by atoms with Crippen molar-refractivity contribution in [2.24, 2.45) is 0 Å². The highest BCUT2D eigenvalue weighted by Crippen LogP contribution is 2.29. The Hall–Kier alpha value is -0.600. The molecule has 3 heteroatoms. The van der Waals surface area contributed by atoms with Crippen LogP contribution >= 0.6 is 0 Å². The Balaban J connectivity index is 2.31. The van der Waals surface area contributed by atoms with Gasteiger partial charge in [-0.05, 0) is 6.42 Å². The second-order valence-electron chi connectivity index (χ2n) is 3.28. The van der Waals surface area contributed by atoms with Crippen LogP contribution in [-0.2, 0) is 4.79 Å². The quantitative estimate of drug-likeness (QED) is 0.595. The molecule has 0 N–H and O–H groups in total. The third-order valence-corrected chi connectivity index (χ3v) is 2.09. The van der Waals surface area contributed by atoms with E-state index in [1.54, 1.807) is 0 Å². The van der Waals surface area contributed by atoms with E-state index in [0.717, 1.165) is 6.42 Å². The molecule has 0 unspecified atom stereocenters. The smallest absolute Gasteiger partial charge is 0.219 e. The third-order valence-electron chi connectivity index (χ3n) is 2.09. The summed E-state index contributed by atoms with van der Waals surface area (Å²) in [5.74, 6) is -0.0191. The fourth-order valence-electron chi connectivity index (χ4n) is 1.47. The lowest BCUT2D eigenvalue weighted by molar-refractivity contribution is -0.143. The largest absolute Gasteiger partial charge is 0.336 e. The molecule has 0 aromatic rings. The summed E-state index contributed by atoms with van der Waals surface area (Å²) >= 11 is 0. The van der Waals surface area contributed by atoms with Gasteiger partial charge in [-0.2, -0.15) is 0 Å². The lowest BCUT2D eigenvalue weighted by Gasteiger charge is -2.44. The first-order valence-electron chi connectivity index (χ1n) is 4.02. The normalized spacial score (nSPS) is 21.2.